The van der Waals surface area contributed by atoms with E-state index < -0.39 is 0 Å². The van der Waals surface area contributed by atoms with Gasteiger partial charge in [0.15, 0.2) is 0 Å². The molecule has 2 amide bonds. The minimum Gasteiger partial charge on any atom is -0.497 e. The number of carbonyl (C=O) groups is 2. The van der Waals surface area contributed by atoms with Crippen molar-refractivity contribution >= 4 is 11.8 Å². The molecule has 2 fully saturated rings. The van der Waals surface area contributed by atoms with Crippen LogP contribution in [0.15, 0.2) is 24.3 Å². The molecule has 7 nitrogen and oxygen atoms in total. The van der Waals surface area contributed by atoms with E-state index in [-0.39, 0.29) is 11.8 Å². The standard InChI is InChI=1S/C24H37N3O4/c1-19(28)26-13-4-6-22(18-26)27(21-10-15-31-16-11-21)14-12-25-24(29)9-8-20-5-3-7-23(17-20)30-2/h3,5,7,17,21-22H,4,6,8-16,18H2,1-2H3,(H,25,29). The Morgan fingerprint density at radius 1 is 1.23 bits per heavy atom. The third-order valence-electron chi connectivity index (χ3n) is 6.44. The number of hydrogen-bond donors (Lipinski definition) is 1. The van der Waals surface area contributed by atoms with Crippen LogP contribution in [0.1, 0.15) is 44.6 Å². The van der Waals surface area contributed by atoms with Crippen molar-refractivity contribution in [2.24, 2.45) is 0 Å². The van der Waals surface area contributed by atoms with Crippen molar-refractivity contribution in [1.29, 1.82) is 0 Å². The van der Waals surface area contributed by atoms with E-state index in [0.717, 1.165) is 69.8 Å². The first kappa shape index (κ1) is 23.5. The zero-order valence-electron chi connectivity index (χ0n) is 19.0. The number of nitrogens with zero attached hydrogens (tertiary/aromatic N) is 2. The molecule has 0 bridgehead atoms. The molecule has 3 rings (SSSR count). The zero-order valence-corrected chi connectivity index (χ0v) is 19.0. The first-order chi connectivity index (χ1) is 15.1. The minimum atomic E-state index is 0.0729. The summed E-state index contributed by atoms with van der Waals surface area (Å²) in [5, 5.41) is 3.10. The first-order valence-electron chi connectivity index (χ1n) is 11.6. The van der Waals surface area contributed by atoms with E-state index in [0.29, 0.717) is 31.5 Å². The molecule has 1 aromatic rings. The molecule has 1 unspecified atom stereocenters. The fourth-order valence-corrected chi connectivity index (χ4v) is 4.69. The van der Waals surface area contributed by atoms with E-state index in [1.807, 2.05) is 29.2 Å². The highest BCUT2D eigenvalue weighted by molar-refractivity contribution is 5.76. The number of amides is 2. The molecule has 172 valence electrons. The van der Waals surface area contributed by atoms with Gasteiger partial charge in [-0.1, -0.05) is 12.1 Å². The van der Waals surface area contributed by atoms with Gasteiger partial charge in [0.1, 0.15) is 5.75 Å². The fourth-order valence-electron chi connectivity index (χ4n) is 4.69. The molecule has 2 heterocycles. The Hall–Kier alpha value is -2.12. The maximum absolute atomic E-state index is 12.4. The number of benzene rings is 1. The third kappa shape index (κ3) is 7.21. The van der Waals surface area contributed by atoms with Crippen LogP contribution >= 0.6 is 0 Å². The van der Waals surface area contributed by atoms with E-state index in [9.17, 15) is 9.59 Å². The summed E-state index contributed by atoms with van der Waals surface area (Å²) < 4.78 is 10.8. The summed E-state index contributed by atoms with van der Waals surface area (Å²) in [7, 11) is 1.65. The predicted molar refractivity (Wildman–Crippen MR) is 120 cm³/mol. The highest BCUT2D eigenvalue weighted by Crippen LogP contribution is 2.23. The van der Waals surface area contributed by atoms with Crippen molar-refractivity contribution in [3.05, 3.63) is 29.8 Å². The molecule has 31 heavy (non-hydrogen) atoms. The molecule has 7 heteroatoms. The van der Waals surface area contributed by atoms with E-state index in [4.69, 9.17) is 9.47 Å². The Bertz CT molecular complexity index is 721. The molecule has 1 aromatic carbocycles. The van der Waals surface area contributed by atoms with Gasteiger partial charge < -0.3 is 19.7 Å². The van der Waals surface area contributed by atoms with E-state index in [1.165, 1.54) is 0 Å². The summed E-state index contributed by atoms with van der Waals surface area (Å²) in [6.45, 7) is 6.32. The van der Waals surface area contributed by atoms with E-state index >= 15 is 0 Å². The van der Waals surface area contributed by atoms with E-state index in [1.54, 1.807) is 14.0 Å². The molecular formula is C24H37N3O4. The molecule has 1 atom stereocenters. The molecule has 1 N–H and O–H groups in total. The lowest BCUT2D eigenvalue weighted by atomic mass is 9.98. The first-order valence-corrected chi connectivity index (χ1v) is 11.6. The van der Waals surface area contributed by atoms with Gasteiger partial charge in [0, 0.05) is 64.8 Å². The lowest BCUT2D eigenvalue weighted by Crippen LogP contribution is -2.55. The third-order valence-corrected chi connectivity index (χ3v) is 6.44. The molecule has 0 aliphatic carbocycles. The lowest BCUT2D eigenvalue weighted by Gasteiger charge is -2.44. The summed E-state index contributed by atoms with van der Waals surface area (Å²) in [5.74, 6) is 1.04. The molecule has 0 aromatic heterocycles. The lowest BCUT2D eigenvalue weighted by molar-refractivity contribution is -0.131. The largest absolute Gasteiger partial charge is 0.497 e. The predicted octanol–water partition coefficient (Wildman–Crippen LogP) is 2.24. The molecule has 2 aliphatic heterocycles. The summed E-state index contributed by atoms with van der Waals surface area (Å²) in [4.78, 5) is 28.8. The number of nitrogens with one attached hydrogen (secondary N) is 1. The second-order valence-electron chi connectivity index (χ2n) is 8.54. The summed E-state index contributed by atoms with van der Waals surface area (Å²) in [6, 6.07) is 8.67. The molecule has 0 radical (unpaired) electrons. The number of rotatable bonds is 9. The van der Waals surface area contributed by atoms with Crippen molar-refractivity contribution < 1.29 is 19.1 Å². The smallest absolute Gasteiger partial charge is 0.220 e. The van der Waals surface area contributed by atoms with Gasteiger partial charge in [0.25, 0.3) is 0 Å². The monoisotopic (exact) mass is 431 g/mol. The SMILES string of the molecule is COc1cccc(CCC(=O)NCCN(C2CCOCC2)C2CCCN(C(C)=O)C2)c1. The second-order valence-corrected chi connectivity index (χ2v) is 8.54. The summed E-state index contributed by atoms with van der Waals surface area (Å²) in [6.07, 6.45) is 5.33. The van der Waals surface area contributed by atoms with Crippen LogP contribution in [0.25, 0.3) is 0 Å². The Labute approximate surface area is 186 Å². The molecule has 0 spiro atoms. The van der Waals surface area contributed by atoms with Crippen LogP contribution in [0.3, 0.4) is 0 Å². The number of carbonyl (C=O) groups excluding carboxylic acids is 2. The van der Waals surface area contributed by atoms with Gasteiger partial charge in [0.2, 0.25) is 11.8 Å². The normalized spacial score (nSPS) is 20.0. The number of hydrogen-bond acceptors (Lipinski definition) is 5. The van der Waals surface area contributed by atoms with Crippen LogP contribution in [0.2, 0.25) is 0 Å². The maximum atomic E-state index is 12.4. The number of piperidine rings is 1. The van der Waals surface area contributed by atoms with Gasteiger partial charge in [-0.3, -0.25) is 14.5 Å². The number of likely N-dealkylation sites (tertiary alicyclic amines) is 1. The average molecular weight is 432 g/mol. The van der Waals surface area contributed by atoms with Crippen molar-refractivity contribution in [3.8, 4) is 5.75 Å². The minimum absolute atomic E-state index is 0.0729. The number of aryl methyl sites for hydroxylation is 1. The van der Waals surface area contributed by atoms with Crippen LogP contribution in [0.5, 0.6) is 5.75 Å². The van der Waals surface area contributed by atoms with Crippen molar-refractivity contribution in [1.82, 2.24) is 15.1 Å². The maximum Gasteiger partial charge on any atom is 0.220 e. The fraction of sp³-hybridized carbons (Fsp3) is 0.667. The Morgan fingerprint density at radius 3 is 2.77 bits per heavy atom. The summed E-state index contributed by atoms with van der Waals surface area (Å²) in [5.41, 5.74) is 1.10. The van der Waals surface area contributed by atoms with Crippen LogP contribution in [-0.2, 0) is 20.7 Å². The molecule has 2 saturated heterocycles. The summed E-state index contributed by atoms with van der Waals surface area (Å²) >= 11 is 0. The Morgan fingerprint density at radius 2 is 2.03 bits per heavy atom. The Balaban J connectivity index is 1.49. The van der Waals surface area contributed by atoms with Crippen molar-refractivity contribution in [2.75, 3.05) is 46.5 Å². The van der Waals surface area contributed by atoms with Gasteiger partial charge >= 0.3 is 0 Å². The van der Waals surface area contributed by atoms with Crippen LogP contribution < -0.4 is 10.1 Å². The van der Waals surface area contributed by atoms with Crippen molar-refractivity contribution in [2.45, 2.75) is 57.5 Å². The van der Waals surface area contributed by atoms with E-state index in [2.05, 4.69) is 10.2 Å². The second kappa shape index (κ2) is 12.1. The van der Waals surface area contributed by atoms with Crippen LogP contribution in [-0.4, -0.2) is 80.2 Å². The van der Waals surface area contributed by atoms with Gasteiger partial charge in [-0.25, -0.2) is 0 Å². The molecule has 2 aliphatic rings. The quantitative estimate of drug-likeness (QED) is 0.649. The Kier molecular flexibility index (Phi) is 9.15. The van der Waals surface area contributed by atoms with Gasteiger partial charge in [0.05, 0.1) is 7.11 Å². The van der Waals surface area contributed by atoms with Gasteiger partial charge in [-0.15, -0.1) is 0 Å². The average Bonchev–Trinajstić information content (AvgIpc) is 2.81. The van der Waals surface area contributed by atoms with Crippen LogP contribution in [0, 0.1) is 0 Å². The number of methoxy groups -OCH3 is 1. The molecule has 0 saturated carbocycles. The zero-order chi connectivity index (χ0) is 22.1. The highest BCUT2D eigenvalue weighted by Gasteiger charge is 2.31. The van der Waals surface area contributed by atoms with Crippen molar-refractivity contribution in [3.63, 3.8) is 0 Å². The van der Waals surface area contributed by atoms with Gasteiger partial charge in [-0.05, 0) is 49.8 Å². The highest BCUT2D eigenvalue weighted by atomic mass is 16.5. The van der Waals surface area contributed by atoms with Gasteiger partial charge in [-0.2, -0.15) is 0 Å². The number of ether oxygens (including phenoxy) is 2. The molecular weight excluding hydrogens is 394 g/mol. The van der Waals surface area contributed by atoms with Crippen LogP contribution in [0.4, 0.5) is 0 Å². The topological polar surface area (TPSA) is 71.1 Å².